The van der Waals surface area contributed by atoms with Crippen molar-refractivity contribution >= 4 is 17.7 Å². The summed E-state index contributed by atoms with van der Waals surface area (Å²) >= 11 is 0. The van der Waals surface area contributed by atoms with Crippen molar-refractivity contribution in [2.75, 3.05) is 5.32 Å². The molecule has 0 saturated carbocycles. The molecule has 0 spiro atoms. The van der Waals surface area contributed by atoms with E-state index in [2.05, 4.69) is 10.3 Å². The Morgan fingerprint density at radius 1 is 1.12 bits per heavy atom. The number of hydrogen-bond acceptors (Lipinski definition) is 4. The van der Waals surface area contributed by atoms with E-state index < -0.39 is 12.1 Å². The van der Waals surface area contributed by atoms with E-state index in [-0.39, 0.29) is 13.2 Å². The molecule has 0 bridgehead atoms. The number of aromatic nitrogens is 2. The van der Waals surface area contributed by atoms with E-state index in [9.17, 15) is 9.59 Å². The fourth-order valence-electron chi connectivity index (χ4n) is 2.46. The average molecular weight is 351 g/mol. The van der Waals surface area contributed by atoms with Gasteiger partial charge in [-0.1, -0.05) is 42.5 Å². The Bertz CT molecular complexity index is 906. The highest BCUT2D eigenvalue weighted by Gasteiger charge is 2.10. The number of carbonyl (C=O) groups is 2. The number of amides is 1. The molecule has 0 aliphatic heterocycles. The van der Waals surface area contributed by atoms with E-state index in [1.54, 1.807) is 30.5 Å². The van der Waals surface area contributed by atoms with Crippen LogP contribution in [0.15, 0.2) is 67.0 Å². The first kappa shape index (κ1) is 17.2. The molecule has 3 aromatic rings. The molecule has 0 aliphatic carbocycles. The van der Waals surface area contributed by atoms with E-state index in [4.69, 9.17) is 9.84 Å². The third-order valence-electron chi connectivity index (χ3n) is 3.60. The lowest BCUT2D eigenvalue weighted by Gasteiger charge is -2.09. The second kappa shape index (κ2) is 7.98. The first-order valence-electron chi connectivity index (χ1n) is 7.93. The van der Waals surface area contributed by atoms with Crippen LogP contribution in [0.3, 0.4) is 0 Å². The van der Waals surface area contributed by atoms with Crippen molar-refractivity contribution in [2.24, 2.45) is 0 Å². The summed E-state index contributed by atoms with van der Waals surface area (Å²) < 4.78 is 6.71. The van der Waals surface area contributed by atoms with Gasteiger partial charge in [-0.2, -0.15) is 0 Å². The van der Waals surface area contributed by atoms with Gasteiger partial charge in [0.05, 0.1) is 0 Å². The number of ether oxygens (including phenoxy) is 1. The molecular formula is C19H17N3O4. The summed E-state index contributed by atoms with van der Waals surface area (Å²) in [6.07, 6.45) is 2.56. The maximum atomic E-state index is 12.0. The Kier molecular flexibility index (Phi) is 5.28. The molecule has 7 heteroatoms. The number of carboxylic acid groups (broad SMARTS) is 1. The van der Waals surface area contributed by atoms with Crippen molar-refractivity contribution in [1.29, 1.82) is 0 Å². The molecule has 7 nitrogen and oxygen atoms in total. The molecule has 3 rings (SSSR count). The molecule has 0 radical (unpaired) electrons. The van der Waals surface area contributed by atoms with Crippen LogP contribution < -0.4 is 5.32 Å². The predicted octanol–water partition coefficient (Wildman–Crippen LogP) is 3.38. The first-order valence-corrected chi connectivity index (χ1v) is 7.93. The fourth-order valence-corrected chi connectivity index (χ4v) is 2.46. The molecule has 0 unspecified atom stereocenters. The fraction of sp³-hybridized carbons (Fsp3) is 0.105. The number of carboxylic acids is 1. The third-order valence-corrected chi connectivity index (χ3v) is 3.60. The smallest absolute Gasteiger partial charge is 0.411 e. The number of rotatable bonds is 6. The summed E-state index contributed by atoms with van der Waals surface area (Å²) in [5.74, 6) is -0.447. The quantitative estimate of drug-likeness (QED) is 0.710. The van der Waals surface area contributed by atoms with E-state index in [0.29, 0.717) is 17.1 Å². The Balaban J connectivity index is 1.67. The molecule has 0 atom stereocenters. The lowest BCUT2D eigenvalue weighted by Crippen LogP contribution is -2.13. The van der Waals surface area contributed by atoms with Gasteiger partial charge in [-0.3, -0.25) is 10.1 Å². The van der Waals surface area contributed by atoms with E-state index >= 15 is 0 Å². The van der Waals surface area contributed by atoms with Crippen molar-refractivity contribution in [2.45, 2.75) is 13.2 Å². The maximum absolute atomic E-state index is 12.0. The van der Waals surface area contributed by atoms with Gasteiger partial charge in [-0.25, -0.2) is 9.78 Å². The zero-order chi connectivity index (χ0) is 18.4. The monoisotopic (exact) mass is 351 g/mol. The van der Waals surface area contributed by atoms with Crippen molar-refractivity contribution < 1.29 is 19.4 Å². The average Bonchev–Trinajstić information content (AvgIpc) is 3.08. The molecule has 26 heavy (non-hydrogen) atoms. The summed E-state index contributed by atoms with van der Waals surface area (Å²) in [7, 11) is 0. The highest BCUT2D eigenvalue weighted by atomic mass is 16.5. The van der Waals surface area contributed by atoms with Crippen LogP contribution >= 0.6 is 0 Å². The lowest BCUT2D eigenvalue weighted by molar-refractivity contribution is -0.137. The van der Waals surface area contributed by atoms with Crippen molar-refractivity contribution in [3.63, 3.8) is 0 Å². The second-order valence-corrected chi connectivity index (χ2v) is 5.54. The van der Waals surface area contributed by atoms with E-state index in [1.807, 2.05) is 30.3 Å². The van der Waals surface area contributed by atoms with Crippen LogP contribution in [0.4, 0.5) is 10.5 Å². The standard InChI is InChI=1S/C19H17N3O4/c23-17(24)12-22-10-9-20-18(22)15-7-4-8-16(11-15)21-19(25)26-13-14-5-2-1-3-6-14/h1-11H,12-13H2,(H,21,25)(H,23,24). The van der Waals surface area contributed by atoms with E-state index in [0.717, 1.165) is 5.56 Å². The number of carbonyl (C=O) groups excluding carboxylic acids is 1. The first-order chi connectivity index (χ1) is 12.6. The summed E-state index contributed by atoms with van der Waals surface area (Å²) in [5, 5.41) is 11.6. The molecular weight excluding hydrogens is 334 g/mol. The van der Waals surface area contributed by atoms with Gasteiger partial charge in [0, 0.05) is 23.6 Å². The number of anilines is 1. The molecule has 2 aromatic carbocycles. The Hall–Kier alpha value is -3.61. The molecule has 0 aliphatic rings. The van der Waals surface area contributed by atoms with Crippen molar-refractivity contribution in [3.8, 4) is 11.4 Å². The molecule has 1 aromatic heterocycles. The summed E-state index contributed by atoms with van der Waals surface area (Å²) in [6, 6.07) is 16.4. The van der Waals surface area contributed by atoms with Crippen LogP contribution in [0.2, 0.25) is 0 Å². The summed E-state index contributed by atoms with van der Waals surface area (Å²) in [5.41, 5.74) is 2.12. The van der Waals surface area contributed by atoms with Gasteiger partial charge >= 0.3 is 12.1 Å². The van der Waals surface area contributed by atoms with Gasteiger partial charge in [0.2, 0.25) is 0 Å². The zero-order valence-electron chi connectivity index (χ0n) is 13.8. The van der Waals surface area contributed by atoms with Crippen LogP contribution in [-0.2, 0) is 22.7 Å². The van der Waals surface area contributed by atoms with Crippen LogP contribution in [0.1, 0.15) is 5.56 Å². The van der Waals surface area contributed by atoms with Gasteiger partial charge < -0.3 is 14.4 Å². The molecule has 1 amide bonds. The largest absolute Gasteiger partial charge is 0.480 e. The number of benzene rings is 2. The van der Waals surface area contributed by atoms with Crippen LogP contribution in [0.5, 0.6) is 0 Å². The SMILES string of the molecule is O=C(O)Cn1ccnc1-c1cccc(NC(=O)OCc2ccccc2)c1. The second-order valence-electron chi connectivity index (χ2n) is 5.54. The summed E-state index contributed by atoms with van der Waals surface area (Å²) in [6.45, 7) is -0.0124. The number of nitrogens with zero attached hydrogens (tertiary/aromatic N) is 2. The lowest BCUT2D eigenvalue weighted by atomic mass is 10.2. The topological polar surface area (TPSA) is 93.5 Å². The molecule has 1 heterocycles. The Labute approximate surface area is 149 Å². The highest BCUT2D eigenvalue weighted by Crippen LogP contribution is 2.21. The molecule has 2 N–H and O–H groups in total. The molecule has 0 saturated heterocycles. The van der Waals surface area contributed by atoms with Crippen molar-refractivity contribution in [1.82, 2.24) is 9.55 Å². The minimum atomic E-state index is -0.956. The van der Waals surface area contributed by atoms with Gasteiger partial charge in [-0.15, -0.1) is 0 Å². The highest BCUT2D eigenvalue weighted by molar-refractivity contribution is 5.85. The number of hydrogen-bond donors (Lipinski definition) is 2. The van der Waals surface area contributed by atoms with Gasteiger partial charge in [0.15, 0.2) is 0 Å². The number of aliphatic carboxylic acids is 1. The number of nitrogens with one attached hydrogen (secondary N) is 1. The van der Waals surface area contributed by atoms with Gasteiger partial charge in [-0.05, 0) is 17.7 Å². The van der Waals surface area contributed by atoms with Crippen LogP contribution in [-0.4, -0.2) is 26.7 Å². The van der Waals surface area contributed by atoms with Gasteiger partial charge in [0.25, 0.3) is 0 Å². The summed E-state index contributed by atoms with van der Waals surface area (Å²) in [4.78, 5) is 27.1. The molecule has 0 fully saturated rings. The minimum Gasteiger partial charge on any atom is -0.480 e. The van der Waals surface area contributed by atoms with Crippen LogP contribution in [0.25, 0.3) is 11.4 Å². The maximum Gasteiger partial charge on any atom is 0.411 e. The van der Waals surface area contributed by atoms with Crippen LogP contribution in [0, 0.1) is 0 Å². The predicted molar refractivity (Wildman–Crippen MR) is 95.5 cm³/mol. The minimum absolute atomic E-state index is 0.176. The molecule has 132 valence electrons. The van der Waals surface area contributed by atoms with E-state index in [1.165, 1.54) is 10.8 Å². The Morgan fingerprint density at radius 3 is 2.69 bits per heavy atom. The van der Waals surface area contributed by atoms with Gasteiger partial charge in [0.1, 0.15) is 19.0 Å². The normalized spacial score (nSPS) is 10.3. The third kappa shape index (κ3) is 4.47. The number of imidazole rings is 1. The van der Waals surface area contributed by atoms with Crippen molar-refractivity contribution in [3.05, 3.63) is 72.6 Å². The Morgan fingerprint density at radius 2 is 1.92 bits per heavy atom. The zero-order valence-corrected chi connectivity index (χ0v) is 13.8.